The van der Waals surface area contributed by atoms with Crippen LogP contribution in [0, 0.1) is 11.6 Å². The lowest BCUT2D eigenvalue weighted by atomic mass is 10.1. The van der Waals surface area contributed by atoms with Gasteiger partial charge >= 0.3 is 5.97 Å². The van der Waals surface area contributed by atoms with E-state index in [1.165, 1.54) is 4.57 Å². The van der Waals surface area contributed by atoms with Gasteiger partial charge in [-0.05, 0) is 12.8 Å². The van der Waals surface area contributed by atoms with Gasteiger partial charge in [-0.15, -0.1) is 0 Å². The predicted molar refractivity (Wildman–Crippen MR) is 97.3 cm³/mol. The fourth-order valence-electron chi connectivity index (χ4n) is 3.41. The zero-order chi connectivity index (χ0) is 18.6. The summed E-state index contributed by atoms with van der Waals surface area (Å²) in [6, 6.07) is -0.111. The van der Waals surface area contributed by atoms with Crippen LogP contribution in [-0.4, -0.2) is 40.2 Å². The lowest BCUT2D eigenvalue weighted by Gasteiger charge is -2.30. The summed E-state index contributed by atoms with van der Waals surface area (Å²) in [5.74, 6) is -1.80. The molecule has 0 unspecified atom stereocenters. The number of anilines is 2. The summed E-state index contributed by atoms with van der Waals surface area (Å²) in [5, 5.41) is 8.90. The molecule has 1 aliphatic carbocycles. The second kappa shape index (κ2) is 6.15. The van der Waals surface area contributed by atoms with Crippen LogP contribution in [-0.2, 0) is 0 Å². The number of carboxylic acid groups (broad SMARTS) is 1. The molecule has 0 atom stereocenters. The van der Waals surface area contributed by atoms with Crippen molar-refractivity contribution < 1.29 is 18.7 Å². The molecule has 1 aromatic heterocycles. The first-order valence-electron chi connectivity index (χ1n) is 8.33. The van der Waals surface area contributed by atoms with Gasteiger partial charge in [0.15, 0.2) is 11.6 Å². The molecule has 1 saturated heterocycles. The van der Waals surface area contributed by atoms with E-state index >= 15 is 4.39 Å². The molecule has 0 amide bonds. The van der Waals surface area contributed by atoms with Crippen LogP contribution in [0.3, 0.4) is 0 Å². The summed E-state index contributed by atoms with van der Waals surface area (Å²) >= 11 is 1.70. The minimum Gasteiger partial charge on any atom is -0.477 e. The van der Waals surface area contributed by atoms with E-state index in [1.807, 2.05) is 0 Å². The molecule has 2 aromatic rings. The highest BCUT2D eigenvalue weighted by atomic mass is 32.2. The second-order valence-electron chi connectivity index (χ2n) is 6.53. The molecular weight excluding hydrogens is 364 g/mol. The molecule has 26 heavy (non-hydrogen) atoms. The van der Waals surface area contributed by atoms with Gasteiger partial charge in [-0.25, -0.2) is 13.6 Å². The van der Waals surface area contributed by atoms with Crippen LogP contribution in [0.2, 0.25) is 0 Å². The molecule has 2 fully saturated rings. The number of rotatable bonds is 3. The van der Waals surface area contributed by atoms with Gasteiger partial charge in [0.2, 0.25) is 5.43 Å². The highest BCUT2D eigenvalue weighted by molar-refractivity contribution is 7.99. The number of fused-ring (bicyclic) bond motifs is 1. The molecule has 3 N–H and O–H groups in total. The third-order valence-electron chi connectivity index (χ3n) is 4.86. The smallest absolute Gasteiger partial charge is 0.341 e. The van der Waals surface area contributed by atoms with Crippen LogP contribution in [0.15, 0.2) is 11.0 Å². The molecule has 138 valence electrons. The minimum absolute atomic E-state index is 0.102. The van der Waals surface area contributed by atoms with E-state index in [-0.39, 0.29) is 22.6 Å². The van der Waals surface area contributed by atoms with Crippen LogP contribution in [0.4, 0.5) is 20.2 Å². The Bertz CT molecular complexity index is 982. The normalized spacial score (nSPS) is 17.7. The van der Waals surface area contributed by atoms with Crippen molar-refractivity contribution in [3.05, 3.63) is 33.6 Å². The van der Waals surface area contributed by atoms with Crippen molar-refractivity contribution in [3.8, 4) is 0 Å². The van der Waals surface area contributed by atoms with Crippen LogP contribution < -0.4 is 16.1 Å². The number of aromatic nitrogens is 1. The molecule has 6 nitrogen and oxygen atoms in total. The third-order valence-corrected chi connectivity index (χ3v) is 5.80. The molecule has 9 heteroatoms. The molecule has 4 rings (SSSR count). The number of carbonyl (C=O) groups is 1. The summed E-state index contributed by atoms with van der Waals surface area (Å²) in [5.41, 5.74) is 3.57. The molecule has 2 aliphatic rings. The van der Waals surface area contributed by atoms with Crippen molar-refractivity contribution in [1.82, 2.24) is 4.57 Å². The molecule has 0 radical (unpaired) electrons. The van der Waals surface area contributed by atoms with Crippen LogP contribution >= 0.6 is 11.8 Å². The average molecular weight is 381 g/mol. The van der Waals surface area contributed by atoms with Gasteiger partial charge in [-0.2, -0.15) is 11.8 Å². The number of nitrogen functional groups attached to an aromatic ring is 1. The maximum atomic E-state index is 15.4. The fraction of sp³-hybridized carbons (Fsp3) is 0.412. The molecule has 2 heterocycles. The van der Waals surface area contributed by atoms with E-state index in [9.17, 15) is 19.1 Å². The molecule has 0 bridgehead atoms. The van der Waals surface area contributed by atoms with E-state index < -0.39 is 34.3 Å². The highest BCUT2D eigenvalue weighted by Crippen LogP contribution is 2.41. The average Bonchev–Trinajstić information content (AvgIpc) is 3.45. The maximum absolute atomic E-state index is 15.4. The number of benzene rings is 1. The van der Waals surface area contributed by atoms with Crippen LogP contribution in [0.1, 0.15) is 29.2 Å². The number of carboxylic acids is 1. The van der Waals surface area contributed by atoms with E-state index in [0.717, 1.165) is 30.5 Å². The number of nitrogens with two attached hydrogens (primary N) is 1. The lowest BCUT2D eigenvalue weighted by Crippen LogP contribution is -2.34. The first-order valence-corrected chi connectivity index (χ1v) is 9.48. The summed E-state index contributed by atoms with van der Waals surface area (Å²) in [6.45, 7) is 0.953. The summed E-state index contributed by atoms with van der Waals surface area (Å²) < 4.78 is 31.8. The van der Waals surface area contributed by atoms with E-state index in [4.69, 9.17) is 5.73 Å². The van der Waals surface area contributed by atoms with E-state index in [2.05, 4.69) is 0 Å². The minimum atomic E-state index is -1.44. The summed E-state index contributed by atoms with van der Waals surface area (Å²) in [4.78, 5) is 25.6. The topological polar surface area (TPSA) is 88.6 Å². The fourth-order valence-corrected chi connectivity index (χ4v) is 4.31. The lowest BCUT2D eigenvalue weighted by molar-refractivity contribution is 0.0695. The van der Waals surface area contributed by atoms with Gasteiger partial charge in [0.1, 0.15) is 11.3 Å². The van der Waals surface area contributed by atoms with Gasteiger partial charge in [0.25, 0.3) is 0 Å². The van der Waals surface area contributed by atoms with Crippen molar-refractivity contribution >= 4 is 40.0 Å². The molecule has 1 aliphatic heterocycles. The summed E-state index contributed by atoms with van der Waals surface area (Å²) in [7, 11) is 0. The Balaban J connectivity index is 2.09. The van der Waals surface area contributed by atoms with Gasteiger partial charge in [-0.3, -0.25) is 4.79 Å². The predicted octanol–water partition coefficient (Wildman–Crippen LogP) is 2.45. The van der Waals surface area contributed by atoms with E-state index in [1.54, 1.807) is 16.7 Å². The number of thioether (sulfide) groups is 1. The number of halogens is 2. The first kappa shape index (κ1) is 17.1. The largest absolute Gasteiger partial charge is 0.477 e. The standard InChI is InChI=1S/C17H17F2N3O3S/c18-11-13(20)10-14(12(19)15(11)21-3-5-26-6-4-21)22(8-1-2-8)7-9(16(10)23)17(24)25/h7-8H,1-6,20H2,(H,24,25). The highest BCUT2D eigenvalue weighted by Gasteiger charge is 2.33. The quantitative estimate of drug-likeness (QED) is 0.794. The van der Waals surface area contributed by atoms with Gasteiger partial charge in [0, 0.05) is 36.8 Å². The van der Waals surface area contributed by atoms with Crippen molar-refractivity contribution in [2.45, 2.75) is 18.9 Å². The van der Waals surface area contributed by atoms with Gasteiger partial charge in [-0.1, -0.05) is 0 Å². The van der Waals surface area contributed by atoms with Gasteiger partial charge < -0.3 is 20.3 Å². The molecular formula is C17H17F2N3O3S. The van der Waals surface area contributed by atoms with Crippen LogP contribution in [0.5, 0.6) is 0 Å². The number of hydrogen-bond donors (Lipinski definition) is 2. The monoisotopic (exact) mass is 381 g/mol. The zero-order valence-corrected chi connectivity index (χ0v) is 14.6. The van der Waals surface area contributed by atoms with Crippen molar-refractivity contribution in [1.29, 1.82) is 0 Å². The Hall–Kier alpha value is -2.29. The van der Waals surface area contributed by atoms with Crippen LogP contribution in [0.25, 0.3) is 10.9 Å². The molecule has 1 aromatic carbocycles. The van der Waals surface area contributed by atoms with Crippen molar-refractivity contribution in [3.63, 3.8) is 0 Å². The van der Waals surface area contributed by atoms with Crippen molar-refractivity contribution in [2.24, 2.45) is 0 Å². The molecule has 0 spiro atoms. The number of nitrogens with zero attached hydrogens (tertiary/aromatic N) is 2. The number of aromatic carboxylic acids is 1. The SMILES string of the molecule is Nc1c(F)c(N2CCSCC2)c(F)c2c1c(=O)c(C(=O)O)cn2C1CC1. The third kappa shape index (κ3) is 2.53. The first-order chi connectivity index (χ1) is 12.4. The summed E-state index contributed by atoms with van der Waals surface area (Å²) in [6.07, 6.45) is 2.63. The Morgan fingerprint density at radius 1 is 1.23 bits per heavy atom. The second-order valence-corrected chi connectivity index (χ2v) is 7.75. The number of hydrogen-bond acceptors (Lipinski definition) is 5. The number of pyridine rings is 1. The molecule has 1 saturated carbocycles. The Labute approximate surface area is 151 Å². The Kier molecular flexibility index (Phi) is 4.06. The maximum Gasteiger partial charge on any atom is 0.341 e. The Morgan fingerprint density at radius 3 is 2.46 bits per heavy atom. The van der Waals surface area contributed by atoms with Gasteiger partial charge in [0.05, 0.1) is 16.6 Å². The van der Waals surface area contributed by atoms with E-state index in [0.29, 0.717) is 13.1 Å². The zero-order valence-electron chi connectivity index (χ0n) is 13.8. The Morgan fingerprint density at radius 2 is 1.88 bits per heavy atom. The van der Waals surface area contributed by atoms with Crippen molar-refractivity contribution in [2.75, 3.05) is 35.2 Å².